The monoisotopic (exact) mass is 274 g/mol. The molecule has 2 saturated carbocycles. The van der Waals surface area contributed by atoms with Gasteiger partial charge in [0.25, 0.3) is 0 Å². The van der Waals surface area contributed by atoms with Crippen molar-refractivity contribution in [2.75, 3.05) is 5.32 Å². The first kappa shape index (κ1) is 11.6. The lowest BCUT2D eigenvalue weighted by Crippen LogP contribution is -2.39. The second kappa shape index (κ2) is 4.12. The number of anilines is 1. The zero-order valence-electron chi connectivity index (χ0n) is 10.7. The van der Waals surface area contributed by atoms with E-state index in [9.17, 15) is 9.90 Å². The van der Waals surface area contributed by atoms with Crippen molar-refractivity contribution in [3.8, 4) is 0 Å². The third kappa shape index (κ3) is 1.57. The van der Waals surface area contributed by atoms with E-state index in [0.29, 0.717) is 17.4 Å². The Kier molecular flexibility index (Phi) is 2.38. The molecule has 2 aliphatic rings. The molecular weight excluding hydrogens is 260 g/mol. The highest BCUT2D eigenvalue weighted by atomic mass is 16.4. The van der Waals surface area contributed by atoms with Crippen molar-refractivity contribution >= 4 is 17.4 Å². The zero-order valence-corrected chi connectivity index (χ0v) is 10.7. The number of carbonyl (C=O) groups is 1. The molecule has 4 unspecified atom stereocenters. The summed E-state index contributed by atoms with van der Waals surface area (Å²) in [5.41, 5.74) is 0.546. The number of aliphatic carboxylic acids is 1. The van der Waals surface area contributed by atoms with Gasteiger partial charge in [-0.25, -0.2) is 0 Å². The van der Waals surface area contributed by atoms with Crippen molar-refractivity contribution in [3.63, 3.8) is 0 Å². The van der Waals surface area contributed by atoms with Crippen molar-refractivity contribution in [3.05, 3.63) is 12.4 Å². The fourth-order valence-electron chi connectivity index (χ4n) is 3.80. The van der Waals surface area contributed by atoms with E-state index < -0.39 is 5.97 Å². The van der Waals surface area contributed by atoms with E-state index >= 15 is 0 Å². The number of hydrogen-bond acceptors (Lipinski definition) is 6. The normalized spacial score (nSPS) is 31.8. The van der Waals surface area contributed by atoms with Crippen molar-refractivity contribution in [1.29, 1.82) is 0 Å². The average Bonchev–Trinajstić information content (AvgIpc) is 3.13. The Morgan fingerprint density at radius 1 is 1.35 bits per heavy atom. The summed E-state index contributed by atoms with van der Waals surface area (Å²) in [4.78, 5) is 15.6. The molecule has 0 spiro atoms. The SMILES string of the molecule is O=C(O)C1C2CCC(C2)C1Nc1cncc2nnnn12. The summed E-state index contributed by atoms with van der Waals surface area (Å²) in [5.74, 6) is 0.298. The van der Waals surface area contributed by atoms with Gasteiger partial charge in [0.15, 0.2) is 11.5 Å². The Hall–Kier alpha value is -2.25. The van der Waals surface area contributed by atoms with Crippen LogP contribution >= 0.6 is 0 Å². The molecule has 8 nitrogen and oxygen atoms in total. The Morgan fingerprint density at radius 2 is 2.20 bits per heavy atom. The second-order valence-corrected chi connectivity index (χ2v) is 5.61. The number of carboxylic acid groups (broad SMARTS) is 1. The number of tetrazole rings is 1. The highest BCUT2D eigenvalue weighted by molar-refractivity contribution is 5.73. The van der Waals surface area contributed by atoms with Crippen LogP contribution < -0.4 is 5.32 Å². The number of nitrogens with zero attached hydrogens (tertiary/aromatic N) is 5. The topological polar surface area (TPSA) is 105 Å². The summed E-state index contributed by atoms with van der Waals surface area (Å²) in [6.07, 6.45) is 6.31. The predicted molar refractivity (Wildman–Crippen MR) is 67.9 cm³/mol. The molecule has 2 aromatic heterocycles. The van der Waals surface area contributed by atoms with Gasteiger partial charge in [-0.2, -0.15) is 4.52 Å². The predicted octanol–water partition coefficient (Wildman–Crippen LogP) is 0.430. The fourth-order valence-corrected chi connectivity index (χ4v) is 3.80. The molecule has 104 valence electrons. The molecule has 2 aromatic rings. The number of rotatable bonds is 3. The quantitative estimate of drug-likeness (QED) is 0.836. The van der Waals surface area contributed by atoms with Gasteiger partial charge in [0.1, 0.15) is 0 Å². The first-order valence-corrected chi connectivity index (χ1v) is 6.75. The van der Waals surface area contributed by atoms with Crippen LogP contribution in [0.25, 0.3) is 5.65 Å². The van der Waals surface area contributed by atoms with E-state index in [1.54, 1.807) is 16.9 Å². The van der Waals surface area contributed by atoms with Crippen LogP contribution in [0.2, 0.25) is 0 Å². The number of nitrogens with one attached hydrogen (secondary N) is 1. The van der Waals surface area contributed by atoms with Gasteiger partial charge in [-0.1, -0.05) is 0 Å². The van der Waals surface area contributed by atoms with Crippen LogP contribution in [-0.2, 0) is 4.79 Å². The molecule has 2 heterocycles. The lowest BCUT2D eigenvalue weighted by Gasteiger charge is -2.29. The molecule has 2 bridgehead atoms. The molecule has 0 aromatic carbocycles. The first-order valence-electron chi connectivity index (χ1n) is 6.75. The van der Waals surface area contributed by atoms with Crippen LogP contribution in [0.15, 0.2) is 12.4 Å². The van der Waals surface area contributed by atoms with Crippen LogP contribution in [-0.4, -0.2) is 42.1 Å². The standard InChI is InChI=1S/C12H14N6O2/c19-12(20)10-6-1-2-7(3-6)11(10)14-8-4-13-5-9-15-16-17-18(8)9/h4-7,10-11,14H,1-3H2,(H,19,20). The molecule has 2 N–H and O–H groups in total. The molecule has 0 amide bonds. The molecule has 0 aliphatic heterocycles. The highest BCUT2D eigenvalue weighted by Gasteiger charge is 2.51. The first-order chi connectivity index (χ1) is 9.74. The zero-order chi connectivity index (χ0) is 13.7. The lowest BCUT2D eigenvalue weighted by atomic mass is 9.84. The smallest absolute Gasteiger partial charge is 0.308 e. The van der Waals surface area contributed by atoms with Crippen molar-refractivity contribution in [2.45, 2.75) is 25.3 Å². The molecule has 2 fully saturated rings. The molecule has 2 aliphatic carbocycles. The minimum Gasteiger partial charge on any atom is -0.481 e. The van der Waals surface area contributed by atoms with Crippen LogP contribution in [0.4, 0.5) is 5.82 Å². The fraction of sp³-hybridized carbons (Fsp3) is 0.583. The van der Waals surface area contributed by atoms with Crippen LogP contribution in [0.5, 0.6) is 0 Å². The van der Waals surface area contributed by atoms with E-state index in [2.05, 4.69) is 25.8 Å². The van der Waals surface area contributed by atoms with Crippen molar-refractivity contribution < 1.29 is 9.90 Å². The third-order valence-corrected chi connectivity index (χ3v) is 4.62. The van der Waals surface area contributed by atoms with E-state index in [4.69, 9.17) is 0 Å². The maximum absolute atomic E-state index is 11.5. The summed E-state index contributed by atoms with van der Waals surface area (Å²) in [7, 11) is 0. The van der Waals surface area contributed by atoms with E-state index in [1.165, 1.54) is 0 Å². The molecule has 20 heavy (non-hydrogen) atoms. The minimum absolute atomic E-state index is 0.0668. The molecule has 8 heteroatoms. The molecule has 0 saturated heterocycles. The van der Waals surface area contributed by atoms with Crippen LogP contribution in [0.1, 0.15) is 19.3 Å². The summed E-state index contributed by atoms with van der Waals surface area (Å²) < 4.78 is 1.55. The molecule has 0 radical (unpaired) electrons. The molecule has 4 atom stereocenters. The molecular formula is C12H14N6O2. The third-order valence-electron chi connectivity index (χ3n) is 4.62. The van der Waals surface area contributed by atoms with Gasteiger partial charge in [-0.15, -0.1) is 5.10 Å². The number of hydrogen-bond donors (Lipinski definition) is 2. The van der Waals surface area contributed by atoms with E-state index in [0.717, 1.165) is 19.3 Å². The number of fused-ring (bicyclic) bond motifs is 3. The van der Waals surface area contributed by atoms with Gasteiger partial charge < -0.3 is 10.4 Å². The van der Waals surface area contributed by atoms with Gasteiger partial charge in [0.2, 0.25) is 0 Å². The molecule has 4 rings (SSSR count). The summed E-state index contributed by atoms with van der Waals surface area (Å²) in [6, 6.07) is -0.0668. The number of aromatic nitrogens is 5. The summed E-state index contributed by atoms with van der Waals surface area (Å²) in [5, 5.41) is 24.1. The second-order valence-electron chi connectivity index (χ2n) is 5.61. The van der Waals surface area contributed by atoms with Crippen LogP contribution in [0.3, 0.4) is 0 Å². The Morgan fingerprint density at radius 3 is 3.05 bits per heavy atom. The van der Waals surface area contributed by atoms with Crippen LogP contribution in [0, 0.1) is 17.8 Å². The van der Waals surface area contributed by atoms with Gasteiger partial charge in [-0.3, -0.25) is 9.78 Å². The Bertz CT molecular complexity index is 671. The maximum Gasteiger partial charge on any atom is 0.308 e. The van der Waals surface area contributed by atoms with Gasteiger partial charge >= 0.3 is 5.97 Å². The van der Waals surface area contributed by atoms with Gasteiger partial charge in [0.05, 0.1) is 18.3 Å². The van der Waals surface area contributed by atoms with Gasteiger partial charge in [-0.05, 0) is 41.5 Å². The van der Waals surface area contributed by atoms with E-state index in [-0.39, 0.29) is 17.9 Å². The van der Waals surface area contributed by atoms with Gasteiger partial charge in [0, 0.05) is 6.04 Å². The number of carboxylic acids is 1. The lowest BCUT2D eigenvalue weighted by molar-refractivity contribution is -0.143. The largest absolute Gasteiger partial charge is 0.481 e. The average molecular weight is 274 g/mol. The van der Waals surface area contributed by atoms with Crippen molar-refractivity contribution in [2.24, 2.45) is 17.8 Å². The van der Waals surface area contributed by atoms with E-state index in [1.807, 2.05) is 0 Å². The summed E-state index contributed by atoms with van der Waals surface area (Å²) >= 11 is 0. The summed E-state index contributed by atoms with van der Waals surface area (Å²) in [6.45, 7) is 0. The minimum atomic E-state index is -0.716. The van der Waals surface area contributed by atoms with Crippen molar-refractivity contribution in [1.82, 2.24) is 25.0 Å². The maximum atomic E-state index is 11.5. The Labute approximate surface area is 114 Å². The Balaban J connectivity index is 1.68. The highest BCUT2D eigenvalue weighted by Crippen LogP contribution is 2.49.